The number of amides is 1. The predicted molar refractivity (Wildman–Crippen MR) is 121 cm³/mol. The Kier molecular flexibility index (Phi) is 10.5. The Bertz CT molecular complexity index is 632. The number of benzene rings is 1. The van der Waals surface area contributed by atoms with Crippen LogP contribution in [-0.2, 0) is 11.3 Å². The monoisotopic (exact) mass is 488 g/mol. The lowest BCUT2D eigenvalue weighted by Crippen LogP contribution is -2.41. The molecule has 152 valence electrons. The zero-order valence-corrected chi connectivity index (χ0v) is 19.1. The van der Waals surface area contributed by atoms with E-state index in [1.165, 1.54) is 5.56 Å². The number of carbonyl (C=O) groups is 1. The number of aliphatic imine (C=N–C) groups is 1. The molecule has 0 aliphatic heterocycles. The fraction of sp³-hybridized carbons (Fsp3) is 0.600. The van der Waals surface area contributed by atoms with Crippen molar-refractivity contribution in [3.05, 3.63) is 29.3 Å². The molecule has 0 heterocycles. The largest absolute Gasteiger partial charge is 0.490 e. The van der Waals surface area contributed by atoms with Crippen LogP contribution in [0.15, 0.2) is 23.2 Å². The van der Waals surface area contributed by atoms with E-state index >= 15 is 0 Å². The molecule has 1 aromatic carbocycles. The van der Waals surface area contributed by atoms with Crippen LogP contribution < -0.4 is 20.7 Å². The Morgan fingerprint density at radius 2 is 1.96 bits per heavy atom. The first-order valence-electron chi connectivity index (χ1n) is 9.51. The third kappa shape index (κ3) is 8.36. The summed E-state index contributed by atoms with van der Waals surface area (Å²) in [6.07, 6.45) is 3.21. The molecule has 0 bridgehead atoms. The van der Waals surface area contributed by atoms with Gasteiger partial charge in [0, 0.05) is 38.2 Å². The highest BCUT2D eigenvalue weighted by Gasteiger charge is 2.28. The average molecular weight is 488 g/mol. The number of aryl methyl sites for hydroxylation is 1. The highest BCUT2D eigenvalue weighted by atomic mass is 127. The van der Waals surface area contributed by atoms with E-state index in [9.17, 15) is 4.79 Å². The summed E-state index contributed by atoms with van der Waals surface area (Å²) in [5.41, 5.74) is 2.28. The van der Waals surface area contributed by atoms with Crippen molar-refractivity contribution in [3.8, 4) is 5.75 Å². The molecule has 1 fully saturated rings. The number of nitrogens with one attached hydrogen (secondary N) is 3. The molecule has 0 aromatic heterocycles. The molecule has 2 rings (SSSR count). The minimum atomic E-state index is 0. The summed E-state index contributed by atoms with van der Waals surface area (Å²) in [6.45, 7) is 8.13. The van der Waals surface area contributed by atoms with Gasteiger partial charge in [-0.05, 0) is 44.7 Å². The number of ether oxygens (including phenoxy) is 1. The Hall–Kier alpha value is -1.51. The Balaban J connectivity index is 0.00000364. The number of hydrogen-bond donors (Lipinski definition) is 3. The summed E-state index contributed by atoms with van der Waals surface area (Å²) >= 11 is 0. The summed E-state index contributed by atoms with van der Waals surface area (Å²) < 4.78 is 6.05. The minimum Gasteiger partial charge on any atom is -0.490 e. The van der Waals surface area contributed by atoms with Gasteiger partial charge in [0.1, 0.15) is 5.75 Å². The van der Waals surface area contributed by atoms with E-state index in [-0.39, 0.29) is 41.9 Å². The van der Waals surface area contributed by atoms with Crippen molar-refractivity contribution < 1.29 is 9.53 Å². The Morgan fingerprint density at radius 3 is 2.59 bits per heavy atom. The van der Waals surface area contributed by atoms with E-state index in [0.717, 1.165) is 30.6 Å². The molecule has 27 heavy (non-hydrogen) atoms. The van der Waals surface area contributed by atoms with Crippen LogP contribution >= 0.6 is 24.0 Å². The highest BCUT2D eigenvalue weighted by molar-refractivity contribution is 14.0. The second-order valence-electron chi connectivity index (χ2n) is 6.87. The first kappa shape index (κ1) is 23.5. The molecule has 0 radical (unpaired) electrons. The number of hydrogen-bond acceptors (Lipinski definition) is 3. The van der Waals surface area contributed by atoms with Crippen molar-refractivity contribution in [2.45, 2.75) is 52.7 Å². The third-order valence-electron chi connectivity index (χ3n) is 4.46. The zero-order chi connectivity index (χ0) is 18.9. The molecule has 3 N–H and O–H groups in total. The summed E-state index contributed by atoms with van der Waals surface area (Å²) in [5, 5.41) is 9.46. The van der Waals surface area contributed by atoms with Crippen molar-refractivity contribution in [3.63, 3.8) is 0 Å². The third-order valence-corrected chi connectivity index (χ3v) is 4.46. The van der Waals surface area contributed by atoms with Crippen LogP contribution in [0.5, 0.6) is 5.75 Å². The second-order valence-corrected chi connectivity index (χ2v) is 6.87. The van der Waals surface area contributed by atoms with Crippen LogP contribution in [-0.4, -0.2) is 38.1 Å². The Morgan fingerprint density at radius 1 is 1.26 bits per heavy atom. The Labute approximate surface area is 179 Å². The van der Waals surface area contributed by atoms with Crippen LogP contribution in [0.25, 0.3) is 0 Å². The van der Waals surface area contributed by atoms with E-state index in [1.807, 2.05) is 0 Å². The van der Waals surface area contributed by atoms with Crippen molar-refractivity contribution >= 4 is 35.8 Å². The van der Waals surface area contributed by atoms with Crippen molar-refractivity contribution in [2.24, 2.45) is 10.9 Å². The van der Waals surface area contributed by atoms with Crippen LogP contribution in [0.1, 0.15) is 44.2 Å². The van der Waals surface area contributed by atoms with Crippen LogP contribution in [0.3, 0.4) is 0 Å². The van der Waals surface area contributed by atoms with E-state index in [1.54, 1.807) is 7.05 Å². The molecule has 6 nitrogen and oxygen atoms in total. The minimum absolute atomic E-state index is 0. The molecule has 0 spiro atoms. The fourth-order valence-electron chi connectivity index (χ4n) is 2.47. The molecule has 1 amide bonds. The van der Waals surface area contributed by atoms with Crippen LogP contribution in [0, 0.1) is 12.8 Å². The number of rotatable bonds is 9. The van der Waals surface area contributed by atoms with Gasteiger partial charge in [0.05, 0.1) is 6.10 Å². The molecule has 1 aliphatic carbocycles. The first-order chi connectivity index (χ1) is 12.5. The standard InChI is InChI=1S/C20H32N4O2.HI/c1-5-15(3)26-18-12-14(2)6-7-17(18)13-24-20(21-4)23-11-10-22-19(25)16-8-9-16;/h6-7,12,15-16H,5,8-11,13H2,1-4H3,(H,22,25)(H2,21,23,24);1H. The molecule has 7 heteroatoms. The highest BCUT2D eigenvalue weighted by Crippen LogP contribution is 2.28. The van der Waals surface area contributed by atoms with Gasteiger partial charge in [-0.15, -0.1) is 24.0 Å². The van der Waals surface area contributed by atoms with Gasteiger partial charge in [0.15, 0.2) is 5.96 Å². The van der Waals surface area contributed by atoms with Gasteiger partial charge < -0.3 is 20.7 Å². The van der Waals surface area contributed by atoms with Crippen molar-refractivity contribution in [1.82, 2.24) is 16.0 Å². The summed E-state index contributed by atoms with van der Waals surface area (Å²) in [6, 6.07) is 6.25. The molecule has 1 saturated carbocycles. The first-order valence-corrected chi connectivity index (χ1v) is 9.51. The van der Waals surface area contributed by atoms with Crippen molar-refractivity contribution in [1.29, 1.82) is 0 Å². The maximum Gasteiger partial charge on any atom is 0.223 e. The van der Waals surface area contributed by atoms with Gasteiger partial charge in [-0.25, -0.2) is 0 Å². The van der Waals surface area contributed by atoms with E-state index in [4.69, 9.17) is 4.74 Å². The smallest absolute Gasteiger partial charge is 0.223 e. The summed E-state index contributed by atoms with van der Waals surface area (Å²) in [4.78, 5) is 15.8. The molecule has 1 aliphatic rings. The average Bonchev–Trinajstić information content (AvgIpc) is 3.47. The zero-order valence-electron chi connectivity index (χ0n) is 16.8. The quantitative estimate of drug-likeness (QED) is 0.216. The number of halogens is 1. The van der Waals surface area contributed by atoms with Gasteiger partial charge in [0.2, 0.25) is 5.91 Å². The van der Waals surface area contributed by atoms with Crippen LogP contribution in [0.4, 0.5) is 0 Å². The molecular formula is C20H33IN4O2. The van der Waals surface area contributed by atoms with Gasteiger partial charge in [-0.3, -0.25) is 9.79 Å². The normalized spacial score (nSPS) is 14.7. The van der Waals surface area contributed by atoms with E-state index in [2.05, 4.69) is 59.9 Å². The van der Waals surface area contributed by atoms with E-state index < -0.39 is 0 Å². The number of guanidine groups is 1. The predicted octanol–water partition coefficient (Wildman–Crippen LogP) is 2.98. The maximum absolute atomic E-state index is 11.6. The van der Waals surface area contributed by atoms with Gasteiger partial charge in [-0.1, -0.05) is 19.1 Å². The summed E-state index contributed by atoms with van der Waals surface area (Å²) in [5.74, 6) is 2.04. The maximum atomic E-state index is 11.6. The van der Waals surface area contributed by atoms with Crippen molar-refractivity contribution in [2.75, 3.05) is 20.1 Å². The molecule has 0 saturated heterocycles. The van der Waals surface area contributed by atoms with Gasteiger partial charge in [0.25, 0.3) is 0 Å². The van der Waals surface area contributed by atoms with Gasteiger partial charge in [-0.2, -0.15) is 0 Å². The van der Waals surface area contributed by atoms with Crippen LogP contribution in [0.2, 0.25) is 0 Å². The molecule has 1 atom stereocenters. The number of nitrogens with zero attached hydrogens (tertiary/aromatic N) is 1. The lowest BCUT2D eigenvalue weighted by Gasteiger charge is -2.18. The van der Waals surface area contributed by atoms with Gasteiger partial charge >= 0.3 is 0 Å². The lowest BCUT2D eigenvalue weighted by molar-refractivity contribution is -0.122. The second kappa shape index (κ2) is 12.0. The fourth-order valence-corrected chi connectivity index (χ4v) is 2.47. The lowest BCUT2D eigenvalue weighted by atomic mass is 10.1. The van der Waals surface area contributed by atoms with E-state index in [0.29, 0.717) is 25.6 Å². The number of carbonyl (C=O) groups excluding carboxylic acids is 1. The summed E-state index contributed by atoms with van der Waals surface area (Å²) in [7, 11) is 1.74. The molecule has 1 aromatic rings. The molecular weight excluding hydrogens is 455 g/mol. The topological polar surface area (TPSA) is 74.8 Å². The molecule has 1 unspecified atom stereocenters. The SMILES string of the molecule is CCC(C)Oc1cc(C)ccc1CNC(=NC)NCCNC(=O)C1CC1.I.